The number of benzene rings is 1. The standard InChI is InChI=1S/C13H19NO3/c1-10-4-5-13(17-3)11(8-10)12(15)9-14-6-7-16-2/h4-5,8,14H,6-7,9H2,1-3H3. The minimum Gasteiger partial charge on any atom is -0.496 e. The SMILES string of the molecule is COCCNCC(=O)c1cc(C)ccc1OC. The van der Waals surface area contributed by atoms with Gasteiger partial charge in [0.1, 0.15) is 5.75 Å². The number of ketones is 1. The van der Waals surface area contributed by atoms with Gasteiger partial charge in [-0.1, -0.05) is 11.6 Å². The van der Waals surface area contributed by atoms with Crippen molar-refractivity contribution in [3.63, 3.8) is 0 Å². The molecule has 0 fully saturated rings. The lowest BCUT2D eigenvalue weighted by atomic mass is 10.1. The molecule has 0 aliphatic carbocycles. The molecule has 1 aromatic rings. The lowest BCUT2D eigenvalue weighted by molar-refractivity contribution is 0.0984. The van der Waals surface area contributed by atoms with E-state index < -0.39 is 0 Å². The molecule has 0 amide bonds. The van der Waals surface area contributed by atoms with E-state index in [-0.39, 0.29) is 5.78 Å². The van der Waals surface area contributed by atoms with Crippen molar-refractivity contribution >= 4 is 5.78 Å². The molecule has 0 radical (unpaired) electrons. The Balaban J connectivity index is 2.64. The Bertz CT molecular complexity index is 377. The van der Waals surface area contributed by atoms with E-state index in [9.17, 15) is 4.79 Å². The largest absolute Gasteiger partial charge is 0.496 e. The van der Waals surface area contributed by atoms with Crippen LogP contribution in [0.4, 0.5) is 0 Å². The quantitative estimate of drug-likeness (QED) is 0.575. The van der Waals surface area contributed by atoms with Crippen LogP contribution in [-0.4, -0.2) is 39.7 Å². The number of ether oxygens (including phenoxy) is 2. The van der Waals surface area contributed by atoms with Gasteiger partial charge < -0.3 is 14.8 Å². The van der Waals surface area contributed by atoms with Crippen molar-refractivity contribution in [2.24, 2.45) is 0 Å². The molecule has 4 nitrogen and oxygen atoms in total. The second-order valence-corrected chi connectivity index (χ2v) is 3.80. The van der Waals surface area contributed by atoms with Crippen molar-refractivity contribution in [3.05, 3.63) is 29.3 Å². The summed E-state index contributed by atoms with van der Waals surface area (Å²) in [6.45, 7) is 3.51. The van der Waals surface area contributed by atoms with Crippen LogP contribution in [0.15, 0.2) is 18.2 Å². The van der Waals surface area contributed by atoms with Gasteiger partial charge in [-0.05, 0) is 19.1 Å². The van der Waals surface area contributed by atoms with Crippen LogP contribution in [0.3, 0.4) is 0 Å². The summed E-state index contributed by atoms with van der Waals surface area (Å²) in [5.41, 5.74) is 1.67. The third kappa shape index (κ3) is 4.17. The number of nitrogens with one attached hydrogen (secondary N) is 1. The van der Waals surface area contributed by atoms with Crippen molar-refractivity contribution in [2.75, 3.05) is 33.9 Å². The van der Waals surface area contributed by atoms with Crippen molar-refractivity contribution in [3.8, 4) is 5.75 Å². The monoisotopic (exact) mass is 237 g/mol. The number of rotatable bonds is 7. The fourth-order valence-electron chi connectivity index (χ4n) is 1.51. The zero-order chi connectivity index (χ0) is 12.7. The molecule has 0 aliphatic heterocycles. The summed E-state index contributed by atoms with van der Waals surface area (Å²) >= 11 is 0. The van der Waals surface area contributed by atoms with Gasteiger partial charge in [0, 0.05) is 13.7 Å². The average molecular weight is 237 g/mol. The summed E-state index contributed by atoms with van der Waals surface area (Å²) in [6, 6.07) is 5.59. The van der Waals surface area contributed by atoms with Crippen molar-refractivity contribution in [2.45, 2.75) is 6.92 Å². The van der Waals surface area contributed by atoms with E-state index in [4.69, 9.17) is 9.47 Å². The zero-order valence-electron chi connectivity index (χ0n) is 10.6. The first kappa shape index (κ1) is 13.7. The van der Waals surface area contributed by atoms with Gasteiger partial charge in [0.2, 0.25) is 0 Å². The highest BCUT2D eigenvalue weighted by Crippen LogP contribution is 2.19. The average Bonchev–Trinajstić information content (AvgIpc) is 2.34. The van der Waals surface area contributed by atoms with E-state index in [1.54, 1.807) is 14.2 Å². The third-order valence-electron chi connectivity index (χ3n) is 2.42. The van der Waals surface area contributed by atoms with E-state index in [2.05, 4.69) is 5.32 Å². The first-order valence-electron chi connectivity index (χ1n) is 5.56. The maximum absolute atomic E-state index is 12.0. The summed E-state index contributed by atoms with van der Waals surface area (Å²) in [5, 5.41) is 3.03. The van der Waals surface area contributed by atoms with Crippen LogP contribution in [-0.2, 0) is 4.74 Å². The number of aryl methyl sites for hydroxylation is 1. The lowest BCUT2D eigenvalue weighted by Crippen LogP contribution is -2.26. The highest BCUT2D eigenvalue weighted by Gasteiger charge is 2.11. The molecule has 0 unspecified atom stereocenters. The van der Waals surface area contributed by atoms with E-state index in [0.717, 1.165) is 5.56 Å². The number of hydrogen-bond acceptors (Lipinski definition) is 4. The van der Waals surface area contributed by atoms with Gasteiger partial charge in [0.15, 0.2) is 5.78 Å². The number of Topliss-reactive ketones (excluding diaryl/α,β-unsaturated/α-hetero) is 1. The molecule has 0 aromatic heterocycles. The van der Waals surface area contributed by atoms with Crippen LogP contribution in [0.5, 0.6) is 5.75 Å². The smallest absolute Gasteiger partial charge is 0.180 e. The Kier molecular flexibility index (Phi) is 5.66. The molecule has 17 heavy (non-hydrogen) atoms. The second kappa shape index (κ2) is 7.04. The van der Waals surface area contributed by atoms with Crippen LogP contribution in [0.2, 0.25) is 0 Å². The molecule has 0 saturated carbocycles. The van der Waals surface area contributed by atoms with Gasteiger partial charge in [0.05, 0.1) is 25.8 Å². The molecule has 1 rings (SSSR count). The van der Waals surface area contributed by atoms with Gasteiger partial charge in [0.25, 0.3) is 0 Å². The number of carbonyl (C=O) groups is 1. The first-order valence-corrected chi connectivity index (χ1v) is 5.56. The van der Waals surface area contributed by atoms with Crippen molar-refractivity contribution in [1.29, 1.82) is 0 Å². The predicted molar refractivity (Wildman–Crippen MR) is 66.8 cm³/mol. The molecule has 0 spiro atoms. The number of methoxy groups -OCH3 is 2. The van der Waals surface area contributed by atoms with Crippen molar-refractivity contribution in [1.82, 2.24) is 5.32 Å². The second-order valence-electron chi connectivity index (χ2n) is 3.80. The highest BCUT2D eigenvalue weighted by molar-refractivity contribution is 6.00. The van der Waals surface area contributed by atoms with E-state index in [1.807, 2.05) is 25.1 Å². The molecule has 0 bridgehead atoms. The molecule has 0 heterocycles. The molecular weight excluding hydrogens is 218 g/mol. The van der Waals surface area contributed by atoms with Gasteiger partial charge in [-0.2, -0.15) is 0 Å². The molecule has 1 N–H and O–H groups in total. The molecule has 4 heteroatoms. The maximum atomic E-state index is 12.0. The van der Waals surface area contributed by atoms with Crippen LogP contribution in [0.25, 0.3) is 0 Å². The van der Waals surface area contributed by atoms with Crippen molar-refractivity contribution < 1.29 is 14.3 Å². The fourth-order valence-corrected chi connectivity index (χ4v) is 1.51. The normalized spacial score (nSPS) is 10.3. The predicted octanol–water partition coefficient (Wildman–Crippen LogP) is 1.42. The van der Waals surface area contributed by atoms with E-state index in [1.165, 1.54) is 0 Å². The first-order chi connectivity index (χ1) is 8.19. The molecule has 0 saturated heterocycles. The van der Waals surface area contributed by atoms with Gasteiger partial charge in [-0.25, -0.2) is 0 Å². The minimum atomic E-state index is 0.0293. The molecule has 0 atom stereocenters. The Morgan fingerprint density at radius 1 is 1.35 bits per heavy atom. The van der Waals surface area contributed by atoms with Gasteiger partial charge in [-0.15, -0.1) is 0 Å². The summed E-state index contributed by atoms with van der Waals surface area (Å²) in [5.74, 6) is 0.649. The molecular formula is C13H19NO3. The Hall–Kier alpha value is -1.39. The van der Waals surface area contributed by atoms with Crippen LogP contribution in [0, 0.1) is 6.92 Å². The summed E-state index contributed by atoms with van der Waals surface area (Å²) < 4.78 is 10.1. The molecule has 1 aromatic carbocycles. The molecule has 94 valence electrons. The Morgan fingerprint density at radius 2 is 2.12 bits per heavy atom. The topological polar surface area (TPSA) is 47.6 Å². The Morgan fingerprint density at radius 3 is 2.76 bits per heavy atom. The van der Waals surface area contributed by atoms with Crippen LogP contribution in [0.1, 0.15) is 15.9 Å². The van der Waals surface area contributed by atoms with Gasteiger partial charge >= 0.3 is 0 Å². The zero-order valence-corrected chi connectivity index (χ0v) is 10.6. The molecule has 0 aliphatic rings. The van der Waals surface area contributed by atoms with Gasteiger partial charge in [-0.3, -0.25) is 4.79 Å². The lowest BCUT2D eigenvalue weighted by Gasteiger charge is -2.09. The van der Waals surface area contributed by atoms with Crippen LogP contribution >= 0.6 is 0 Å². The summed E-state index contributed by atoms with van der Waals surface area (Å²) in [4.78, 5) is 12.0. The van der Waals surface area contributed by atoms with E-state index >= 15 is 0 Å². The number of carbonyl (C=O) groups excluding carboxylic acids is 1. The summed E-state index contributed by atoms with van der Waals surface area (Å²) in [7, 11) is 3.20. The number of hydrogen-bond donors (Lipinski definition) is 1. The van der Waals surface area contributed by atoms with E-state index in [0.29, 0.717) is 31.0 Å². The maximum Gasteiger partial charge on any atom is 0.180 e. The fraction of sp³-hybridized carbons (Fsp3) is 0.462. The van der Waals surface area contributed by atoms with Crippen LogP contribution < -0.4 is 10.1 Å². The minimum absolute atomic E-state index is 0.0293. The highest BCUT2D eigenvalue weighted by atomic mass is 16.5. The Labute approximate surface area is 102 Å². The third-order valence-corrected chi connectivity index (χ3v) is 2.42. The summed E-state index contributed by atoms with van der Waals surface area (Å²) in [6.07, 6.45) is 0.